The van der Waals surface area contributed by atoms with E-state index < -0.39 is 29.2 Å². The lowest BCUT2D eigenvalue weighted by atomic mass is 10.0. The van der Waals surface area contributed by atoms with E-state index >= 15 is 0 Å². The average Bonchev–Trinajstić information content (AvgIpc) is 2.69. The molecule has 114 valence electrons. The van der Waals surface area contributed by atoms with Gasteiger partial charge in [-0.3, -0.25) is 4.68 Å². The Kier molecular flexibility index (Phi) is 3.38. The van der Waals surface area contributed by atoms with Crippen LogP contribution in [0.1, 0.15) is 11.3 Å². The molecule has 0 spiro atoms. The van der Waals surface area contributed by atoms with E-state index in [0.717, 1.165) is 16.9 Å². The molecule has 0 unspecified atom stereocenters. The number of halogens is 6. The highest BCUT2D eigenvalue weighted by Crippen LogP contribution is 2.39. The van der Waals surface area contributed by atoms with Gasteiger partial charge < -0.3 is 5.73 Å². The van der Waals surface area contributed by atoms with Crippen LogP contribution in [0.25, 0.3) is 11.1 Å². The van der Waals surface area contributed by atoms with Gasteiger partial charge in [0.1, 0.15) is 0 Å². The van der Waals surface area contributed by atoms with Crippen LogP contribution in [-0.2, 0) is 19.4 Å². The second-order valence-corrected chi connectivity index (χ2v) is 4.40. The van der Waals surface area contributed by atoms with Crippen molar-refractivity contribution in [2.45, 2.75) is 12.4 Å². The van der Waals surface area contributed by atoms with Crippen molar-refractivity contribution < 1.29 is 26.3 Å². The van der Waals surface area contributed by atoms with Crippen LogP contribution >= 0.6 is 0 Å². The van der Waals surface area contributed by atoms with Crippen LogP contribution < -0.4 is 5.73 Å². The third-order valence-electron chi connectivity index (χ3n) is 2.69. The van der Waals surface area contributed by atoms with Crippen molar-refractivity contribution in [3.63, 3.8) is 0 Å². The second kappa shape index (κ2) is 4.68. The Hall–Kier alpha value is -2.19. The number of rotatable bonds is 1. The molecule has 2 N–H and O–H groups in total. The number of aromatic nitrogens is 2. The molecule has 9 heteroatoms. The Bertz CT molecular complexity index is 669. The van der Waals surface area contributed by atoms with Gasteiger partial charge in [-0.2, -0.15) is 31.4 Å². The first-order valence-corrected chi connectivity index (χ1v) is 5.57. The van der Waals surface area contributed by atoms with E-state index in [1.54, 1.807) is 0 Å². The highest BCUT2D eigenvalue weighted by atomic mass is 19.4. The standard InChI is InChI=1S/C12H9F6N3/c1-21-5-9(10(20-21)12(16,17)18)6-2-7(11(13,14)15)4-8(19)3-6/h2-5H,19H2,1H3. The van der Waals surface area contributed by atoms with Crippen molar-refractivity contribution in [1.29, 1.82) is 0 Å². The van der Waals surface area contributed by atoms with E-state index in [9.17, 15) is 26.3 Å². The van der Waals surface area contributed by atoms with Crippen LogP contribution in [0.4, 0.5) is 32.0 Å². The van der Waals surface area contributed by atoms with Gasteiger partial charge in [-0.1, -0.05) is 0 Å². The Morgan fingerprint density at radius 2 is 1.62 bits per heavy atom. The number of aryl methyl sites for hydroxylation is 1. The largest absolute Gasteiger partial charge is 0.435 e. The first kappa shape index (κ1) is 15.2. The van der Waals surface area contributed by atoms with Crippen LogP contribution in [0, 0.1) is 0 Å². The average molecular weight is 309 g/mol. The highest BCUT2D eigenvalue weighted by Gasteiger charge is 2.38. The van der Waals surface area contributed by atoms with E-state index in [4.69, 9.17) is 5.73 Å². The molecule has 3 nitrogen and oxygen atoms in total. The third kappa shape index (κ3) is 3.11. The van der Waals surface area contributed by atoms with Crippen LogP contribution in [0.5, 0.6) is 0 Å². The fourth-order valence-electron chi connectivity index (χ4n) is 1.88. The molecule has 1 aromatic heterocycles. The molecular formula is C12H9F6N3. The maximum atomic E-state index is 12.9. The van der Waals surface area contributed by atoms with E-state index in [-0.39, 0.29) is 11.3 Å². The number of nitrogen functional groups attached to an aromatic ring is 1. The van der Waals surface area contributed by atoms with Crippen LogP contribution in [-0.4, -0.2) is 9.78 Å². The number of anilines is 1. The first-order valence-electron chi connectivity index (χ1n) is 5.57. The van der Waals surface area contributed by atoms with Gasteiger partial charge >= 0.3 is 12.4 Å². The molecule has 0 aliphatic rings. The SMILES string of the molecule is Cn1cc(-c2cc(N)cc(C(F)(F)F)c2)c(C(F)(F)F)n1. The van der Waals surface area contributed by atoms with Gasteiger partial charge in [-0.25, -0.2) is 0 Å². The molecule has 21 heavy (non-hydrogen) atoms. The molecule has 0 aliphatic heterocycles. The van der Waals surface area contributed by atoms with Gasteiger partial charge in [0.25, 0.3) is 0 Å². The van der Waals surface area contributed by atoms with Crippen LogP contribution in [0.2, 0.25) is 0 Å². The van der Waals surface area contributed by atoms with Crippen LogP contribution in [0.15, 0.2) is 24.4 Å². The summed E-state index contributed by atoms with van der Waals surface area (Å²) in [6.45, 7) is 0. The monoisotopic (exact) mass is 309 g/mol. The smallest absolute Gasteiger partial charge is 0.399 e. The number of hydrogen-bond donors (Lipinski definition) is 1. The Balaban J connectivity index is 2.66. The summed E-state index contributed by atoms with van der Waals surface area (Å²) in [5.74, 6) is 0. The van der Waals surface area contributed by atoms with Gasteiger partial charge in [-0.15, -0.1) is 0 Å². The summed E-state index contributed by atoms with van der Waals surface area (Å²) in [5, 5.41) is 3.25. The van der Waals surface area contributed by atoms with Crippen molar-refractivity contribution >= 4 is 5.69 Å². The second-order valence-electron chi connectivity index (χ2n) is 4.40. The molecule has 0 radical (unpaired) electrons. The van der Waals surface area contributed by atoms with Gasteiger partial charge in [-0.05, 0) is 23.8 Å². The van der Waals surface area contributed by atoms with Crippen LogP contribution in [0.3, 0.4) is 0 Å². The van der Waals surface area contributed by atoms with E-state index in [0.29, 0.717) is 12.1 Å². The van der Waals surface area contributed by atoms with E-state index in [1.807, 2.05) is 0 Å². The summed E-state index contributed by atoms with van der Waals surface area (Å²) >= 11 is 0. The fourth-order valence-corrected chi connectivity index (χ4v) is 1.88. The molecule has 2 aromatic rings. The number of alkyl halides is 6. The zero-order valence-corrected chi connectivity index (χ0v) is 10.5. The molecule has 0 aliphatic carbocycles. The highest BCUT2D eigenvalue weighted by molar-refractivity contribution is 5.70. The predicted octanol–water partition coefficient (Wildman–Crippen LogP) is 3.71. The summed E-state index contributed by atoms with van der Waals surface area (Å²) < 4.78 is 77.6. The third-order valence-corrected chi connectivity index (χ3v) is 2.69. The van der Waals surface area contributed by atoms with Crippen molar-refractivity contribution in [2.24, 2.45) is 7.05 Å². The van der Waals surface area contributed by atoms with Crippen molar-refractivity contribution in [1.82, 2.24) is 9.78 Å². The molecule has 0 bridgehead atoms. The quantitative estimate of drug-likeness (QED) is 0.645. The summed E-state index contributed by atoms with van der Waals surface area (Å²) in [5.41, 5.74) is 1.95. The minimum Gasteiger partial charge on any atom is -0.399 e. The minimum absolute atomic E-state index is 0.281. The Morgan fingerprint density at radius 1 is 1.00 bits per heavy atom. The lowest BCUT2D eigenvalue weighted by molar-refractivity contribution is -0.141. The molecule has 0 amide bonds. The zero-order valence-electron chi connectivity index (χ0n) is 10.5. The molecule has 2 rings (SSSR count). The molecule has 1 aromatic carbocycles. The normalized spacial score (nSPS) is 12.7. The lowest BCUT2D eigenvalue weighted by Gasteiger charge is -2.11. The topological polar surface area (TPSA) is 43.8 Å². The fraction of sp³-hybridized carbons (Fsp3) is 0.250. The predicted molar refractivity (Wildman–Crippen MR) is 63.1 cm³/mol. The van der Waals surface area contributed by atoms with Crippen molar-refractivity contribution in [3.05, 3.63) is 35.7 Å². The summed E-state index contributed by atoms with van der Waals surface area (Å²) in [6, 6.07) is 2.32. The van der Waals surface area contributed by atoms with E-state index in [2.05, 4.69) is 5.10 Å². The maximum absolute atomic E-state index is 12.9. The first-order chi connectivity index (χ1) is 9.48. The van der Waals surface area contributed by atoms with Gasteiger partial charge in [0.15, 0.2) is 5.69 Å². The molecular weight excluding hydrogens is 300 g/mol. The van der Waals surface area contributed by atoms with Crippen molar-refractivity contribution in [2.75, 3.05) is 5.73 Å². The van der Waals surface area contributed by atoms with Gasteiger partial charge in [0.2, 0.25) is 0 Å². The minimum atomic E-state index is -4.78. The van der Waals surface area contributed by atoms with Crippen molar-refractivity contribution in [3.8, 4) is 11.1 Å². The maximum Gasteiger partial charge on any atom is 0.435 e. The Morgan fingerprint density at radius 3 is 2.14 bits per heavy atom. The Labute approximate surface area is 115 Å². The molecule has 0 saturated heterocycles. The summed E-state index contributed by atoms with van der Waals surface area (Å²) in [4.78, 5) is 0. The molecule has 0 fully saturated rings. The lowest BCUT2D eigenvalue weighted by Crippen LogP contribution is -2.09. The van der Waals surface area contributed by atoms with E-state index in [1.165, 1.54) is 7.05 Å². The van der Waals surface area contributed by atoms with Gasteiger partial charge in [0, 0.05) is 24.5 Å². The number of nitrogens with two attached hydrogens (primary N) is 1. The molecule has 0 atom stereocenters. The zero-order chi connectivity index (χ0) is 16.0. The number of hydrogen-bond acceptors (Lipinski definition) is 2. The summed E-state index contributed by atoms with van der Waals surface area (Å²) in [6.07, 6.45) is -8.48. The molecule has 1 heterocycles. The van der Waals surface area contributed by atoms with Gasteiger partial charge in [0.05, 0.1) is 5.56 Å². The number of benzene rings is 1. The number of nitrogens with zero attached hydrogens (tertiary/aromatic N) is 2. The summed E-state index contributed by atoms with van der Waals surface area (Å²) in [7, 11) is 1.25. The molecule has 0 saturated carbocycles.